The van der Waals surface area contributed by atoms with Crippen LogP contribution in [-0.2, 0) is 27.8 Å². The van der Waals surface area contributed by atoms with Crippen molar-refractivity contribution < 1.29 is 14.7 Å². The van der Waals surface area contributed by atoms with E-state index < -0.39 is 17.7 Å². The number of benzene rings is 3. The van der Waals surface area contributed by atoms with Crippen LogP contribution in [0.3, 0.4) is 0 Å². The molecule has 1 heterocycles. The first kappa shape index (κ1) is 24.5. The van der Waals surface area contributed by atoms with Gasteiger partial charge in [0.1, 0.15) is 5.76 Å². The van der Waals surface area contributed by atoms with E-state index in [0.29, 0.717) is 11.3 Å². The fourth-order valence-corrected chi connectivity index (χ4v) is 4.53. The zero-order chi connectivity index (χ0) is 25.3. The molecule has 1 atom stereocenters. The van der Waals surface area contributed by atoms with Crippen LogP contribution in [0.25, 0.3) is 5.76 Å². The van der Waals surface area contributed by atoms with Gasteiger partial charge in [-0.05, 0) is 52.6 Å². The van der Waals surface area contributed by atoms with Crippen molar-refractivity contribution in [3.8, 4) is 0 Å². The molecule has 0 aliphatic carbocycles. The molecule has 0 radical (unpaired) electrons. The van der Waals surface area contributed by atoms with E-state index in [2.05, 4.69) is 34.6 Å². The van der Waals surface area contributed by atoms with E-state index in [1.54, 1.807) is 12.1 Å². The highest BCUT2D eigenvalue weighted by atomic mass is 16.3. The van der Waals surface area contributed by atoms with Crippen molar-refractivity contribution in [2.45, 2.75) is 58.9 Å². The predicted octanol–water partition coefficient (Wildman–Crippen LogP) is 6.74. The number of aryl methyl sites for hydroxylation is 2. The molecule has 0 bridgehead atoms. The summed E-state index contributed by atoms with van der Waals surface area (Å²) in [6.07, 6.45) is 1.76. The van der Waals surface area contributed by atoms with Crippen molar-refractivity contribution >= 4 is 23.1 Å². The lowest BCUT2D eigenvalue weighted by atomic mass is 9.87. The molecule has 0 saturated carbocycles. The Hall–Kier alpha value is -3.66. The van der Waals surface area contributed by atoms with Crippen LogP contribution in [0.15, 0.2) is 78.4 Å². The molecule has 35 heavy (non-hydrogen) atoms. The molecule has 3 aromatic carbocycles. The zero-order valence-electron chi connectivity index (χ0n) is 21.1. The molecule has 4 nitrogen and oxygen atoms in total. The first-order valence-corrected chi connectivity index (χ1v) is 12.3. The van der Waals surface area contributed by atoms with Gasteiger partial charge in [-0.1, -0.05) is 95.3 Å². The number of ketones is 1. The first-order chi connectivity index (χ1) is 16.7. The van der Waals surface area contributed by atoms with Crippen molar-refractivity contribution in [2.24, 2.45) is 0 Å². The standard InChI is InChI=1S/C31H33NO3/c1-6-20-8-12-22(13-9-20)27-26(28(33)23-14-10-21(7-2)11-15-23)29(34)30(35)32(27)25-18-16-24(17-19-25)31(3,4)5/h8-19,27,33H,6-7H2,1-5H3/b28-26+. The average molecular weight is 468 g/mol. The number of anilines is 1. The Morgan fingerprint density at radius 1 is 0.800 bits per heavy atom. The summed E-state index contributed by atoms with van der Waals surface area (Å²) >= 11 is 0. The van der Waals surface area contributed by atoms with E-state index in [1.165, 1.54) is 4.90 Å². The summed E-state index contributed by atoms with van der Waals surface area (Å²) in [7, 11) is 0. The summed E-state index contributed by atoms with van der Waals surface area (Å²) in [6, 6.07) is 22.4. The van der Waals surface area contributed by atoms with Gasteiger partial charge in [0.05, 0.1) is 11.6 Å². The highest BCUT2D eigenvalue weighted by Crippen LogP contribution is 2.42. The van der Waals surface area contributed by atoms with Crippen molar-refractivity contribution in [1.82, 2.24) is 0 Å². The van der Waals surface area contributed by atoms with Gasteiger partial charge in [-0.3, -0.25) is 14.5 Å². The summed E-state index contributed by atoms with van der Waals surface area (Å²) in [4.78, 5) is 28.2. The molecule has 1 aliphatic rings. The van der Waals surface area contributed by atoms with E-state index in [1.807, 2.05) is 60.7 Å². The number of carbonyl (C=O) groups excluding carboxylic acids is 2. The highest BCUT2D eigenvalue weighted by Gasteiger charge is 2.47. The third-order valence-electron chi connectivity index (χ3n) is 6.80. The Labute approximate surface area is 207 Å². The van der Waals surface area contributed by atoms with Crippen LogP contribution < -0.4 is 4.90 Å². The normalized spacial score (nSPS) is 17.7. The minimum atomic E-state index is -0.716. The van der Waals surface area contributed by atoms with Crippen LogP contribution in [0, 0.1) is 0 Å². The predicted molar refractivity (Wildman–Crippen MR) is 142 cm³/mol. The molecule has 1 aliphatic heterocycles. The van der Waals surface area contributed by atoms with Gasteiger partial charge < -0.3 is 5.11 Å². The molecule has 3 aromatic rings. The van der Waals surface area contributed by atoms with Crippen LogP contribution in [0.5, 0.6) is 0 Å². The van der Waals surface area contributed by atoms with Crippen LogP contribution in [0.2, 0.25) is 0 Å². The molecule has 4 rings (SSSR count). The van der Waals surface area contributed by atoms with Crippen LogP contribution in [0.1, 0.15) is 68.5 Å². The van der Waals surface area contributed by atoms with E-state index in [4.69, 9.17) is 0 Å². The van der Waals surface area contributed by atoms with E-state index in [-0.39, 0.29) is 16.7 Å². The third kappa shape index (κ3) is 4.66. The summed E-state index contributed by atoms with van der Waals surface area (Å²) in [5.74, 6) is -1.46. The molecule has 1 N–H and O–H groups in total. The SMILES string of the molecule is CCc1ccc(/C(O)=C2\C(=O)C(=O)N(c3ccc(C(C)(C)C)cc3)C2c2ccc(CC)cc2)cc1. The smallest absolute Gasteiger partial charge is 0.300 e. The minimum absolute atomic E-state index is 0.0350. The van der Waals surface area contributed by atoms with E-state index in [9.17, 15) is 14.7 Å². The summed E-state index contributed by atoms with van der Waals surface area (Å²) in [5, 5.41) is 11.3. The van der Waals surface area contributed by atoms with Crippen molar-refractivity contribution in [3.05, 3.63) is 106 Å². The van der Waals surface area contributed by atoms with Crippen LogP contribution in [0.4, 0.5) is 5.69 Å². The second kappa shape index (κ2) is 9.53. The molecule has 4 heteroatoms. The summed E-state index contributed by atoms with van der Waals surface area (Å²) < 4.78 is 0. The topological polar surface area (TPSA) is 57.6 Å². The lowest BCUT2D eigenvalue weighted by Crippen LogP contribution is -2.29. The average Bonchev–Trinajstić information content (AvgIpc) is 3.13. The van der Waals surface area contributed by atoms with Gasteiger partial charge in [-0.15, -0.1) is 0 Å². The molecule has 1 saturated heterocycles. The molecule has 180 valence electrons. The molecule has 1 unspecified atom stereocenters. The Morgan fingerprint density at radius 3 is 1.80 bits per heavy atom. The lowest BCUT2D eigenvalue weighted by Gasteiger charge is -2.27. The molecule has 1 fully saturated rings. The summed E-state index contributed by atoms with van der Waals surface area (Å²) in [5.41, 5.74) is 5.45. The van der Waals surface area contributed by atoms with Gasteiger partial charge in [0.25, 0.3) is 11.7 Å². The molecular weight excluding hydrogens is 434 g/mol. The molecule has 1 amide bonds. The zero-order valence-corrected chi connectivity index (χ0v) is 21.1. The molecule has 0 spiro atoms. The lowest BCUT2D eigenvalue weighted by molar-refractivity contribution is -0.132. The number of rotatable bonds is 5. The van der Waals surface area contributed by atoms with E-state index >= 15 is 0 Å². The number of hydrogen-bond donors (Lipinski definition) is 1. The maximum absolute atomic E-state index is 13.4. The maximum atomic E-state index is 13.4. The third-order valence-corrected chi connectivity index (χ3v) is 6.80. The number of hydrogen-bond acceptors (Lipinski definition) is 3. The van der Waals surface area contributed by atoms with Gasteiger partial charge in [-0.2, -0.15) is 0 Å². The molecule has 0 aromatic heterocycles. The Morgan fingerprint density at radius 2 is 1.31 bits per heavy atom. The van der Waals surface area contributed by atoms with Gasteiger partial charge >= 0.3 is 0 Å². The number of aliphatic hydroxyl groups excluding tert-OH is 1. The Kier molecular flexibility index (Phi) is 6.66. The number of Topliss-reactive ketones (excluding diaryl/α,β-unsaturated/α-hetero) is 1. The van der Waals surface area contributed by atoms with Crippen LogP contribution in [-0.4, -0.2) is 16.8 Å². The Balaban J connectivity index is 1.88. The second-order valence-electron chi connectivity index (χ2n) is 10.1. The minimum Gasteiger partial charge on any atom is -0.507 e. The highest BCUT2D eigenvalue weighted by molar-refractivity contribution is 6.51. The van der Waals surface area contributed by atoms with Crippen molar-refractivity contribution in [1.29, 1.82) is 0 Å². The monoisotopic (exact) mass is 467 g/mol. The van der Waals surface area contributed by atoms with Crippen molar-refractivity contribution in [2.75, 3.05) is 4.90 Å². The fraction of sp³-hybridized carbons (Fsp3) is 0.290. The number of nitrogens with zero attached hydrogens (tertiary/aromatic N) is 1. The summed E-state index contributed by atoms with van der Waals surface area (Å²) in [6.45, 7) is 10.5. The quantitative estimate of drug-likeness (QED) is 0.257. The Bertz CT molecular complexity index is 1260. The van der Waals surface area contributed by atoms with Crippen molar-refractivity contribution in [3.63, 3.8) is 0 Å². The number of carbonyl (C=O) groups is 2. The number of aliphatic hydroxyl groups is 1. The second-order valence-corrected chi connectivity index (χ2v) is 10.1. The van der Waals surface area contributed by atoms with Gasteiger partial charge in [0.15, 0.2) is 0 Å². The van der Waals surface area contributed by atoms with Gasteiger partial charge in [-0.25, -0.2) is 0 Å². The van der Waals surface area contributed by atoms with E-state index in [0.717, 1.165) is 35.1 Å². The van der Waals surface area contributed by atoms with Gasteiger partial charge in [0.2, 0.25) is 0 Å². The maximum Gasteiger partial charge on any atom is 0.300 e. The number of amides is 1. The van der Waals surface area contributed by atoms with Gasteiger partial charge in [0, 0.05) is 11.3 Å². The first-order valence-electron chi connectivity index (χ1n) is 12.3. The molecular formula is C31H33NO3. The fourth-order valence-electron chi connectivity index (χ4n) is 4.53. The van der Waals surface area contributed by atoms with Crippen LogP contribution >= 0.6 is 0 Å². The largest absolute Gasteiger partial charge is 0.507 e.